The largest absolute Gasteiger partial charge is 0.462 e. The van der Waals surface area contributed by atoms with E-state index in [9.17, 15) is 9.59 Å². The summed E-state index contributed by atoms with van der Waals surface area (Å²) in [7, 11) is 0. The molecule has 2 aromatic rings. The zero-order chi connectivity index (χ0) is 19.9. The number of imidazole rings is 1. The van der Waals surface area contributed by atoms with Crippen molar-refractivity contribution >= 4 is 17.6 Å². The molecule has 1 N–H and O–H groups in total. The van der Waals surface area contributed by atoms with E-state index in [-0.39, 0.29) is 5.91 Å². The molecule has 0 aliphatic carbocycles. The lowest BCUT2D eigenvalue weighted by molar-refractivity contribution is -0.117. The molecule has 28 heavy (non-hydrogen) atoms. The second kappa shape index (κ2) is 9.50. The van der Waals surface area contributed by atoms with Gasteiger partial charge < -0.3 is 14.6 Å². The molecule has 1 aromatic carbocycles. The molecule has 0 spiro atoms. The normalized spacial score (nSPS) is 15.4. The number of esters is 1. The fourth-order valence-electron chi connectivity index (χ4n) is 3.57. The van der Waals surface area contributed by atoms with Crippen molar-refractivity contribution in [2.45, 2.75) is 33.2 Å². The molecular weight excluding hydrogens is 356 g/mol. The summed E-state index contributed by atoms with van der Waals surface area (Å²) in [4.78, 5) is 31.0. The predicted molar refractivity (Wildman–Crippen MR) is 107 cm³/mol. The summed E-state index contributed by atoms with van der Waals surface area (Å²) < 4.78 is 7.25. The van der Waals surface area contributed by atoms with Crippen LogP contribution in [0.25, 0.3) is 0 Å². The average molecular weight is 384 g/mol. The number of para-hydroxylation sites is 1. The first kappa shape index (κ1) is 20.1. The van der Waals surface area contributed by atoms with Crippen LogP contribution in [0.2, 0.25) is 0 Å². The van der Waals surface area contributed by atoms with E-state index in [1.165, 1.54) is 0 Å². The van der Waals surface area contributed by atoms with Gasteiger partial charge in [0.05, 0.1) is 24.4 Å². The van der Waals surface area contributed by atoms with E-state index in [2.05, 4.69) is 19.8 Å². The number of nitrogens with zero attached hydrogens (tertiary/aromatic N) is 3. The molecule has 7 heteroatoms. The number of piperidine rings is 1. The van der Waals surface area contributed by atoms with Crippen LogP contribution in [-0.4, -0.2) is 52.6 Å². The lowest BCUT2D eigenvalue weighted by Gasteiger charge is -2.31. The number of aryl methyl sites for hydroxylation is 1. The van der Waals surface area contributed by atoms with Crippen molar-refractivity contribution in [2.24, 2.45) is 5.92 Å². The maximum atomic E-state index is 12.5. The summed E-state index contributed by atoms with van der Waals surface area (Å²) in [6, 6.07) is 6.94. The van der Waals surface area contributed by atoms with E-state index in [1.807, 2.05) is 19.3 Å². The van der Waals surface area contributed by atoms with Crippen molar-refractivity contribution in [1.82, 2.24) is 14.5 Å². The molecule has 1 amide bonds. The van der Waals surface area contributed by atoms with Gasteiger partial charge in [0.2, 0.25) is 5.91 Å². The Balaban J connectivity index is 1.49. The Labute approximate surface area is 165 Å². The van der Waals surface area contributed by atoms with Gasteiger partial charge in [0.25, 0.3) is 0 Å². The number of likely N-dealkylation sites (tertiary alicyclic amines) is 1. The molecule has 0 saturated carbocycles. The zero-order valence-corrected chi connectivity index (χ0v) is 16.6. The van der Waals surface area contributed by atoms with E-state index in [0.29, 0.717) is 30.3 Å². The molecule has 2 heterocycles. The topological polar surface area (TPSA) is 76.5 Å². The Kier molecular flexibility index (Phi) is 6.81. The Bertz CT molecular complexity index is 809. The van der Waals surface area contributed by atoms with Crippen molar-refractivity contribution in [3.05, 3.63) is 48.0 Å². The molecule has 0 bridgehead atoms. The van der Waals surface area contributed by atoms with Crippen LogP contribution in [0.5, 0.6) is 0 Å². The van der Waals surface area contributed by atoms with Crippen molar-refractivity contribution in [1.29, 1.82) is 0 Å². The van der Waals surface area contributed by atoms with E-state index in [0.717, 1.165) is 38.3 Å². The lowest BCUT2D eigenvalue weighted by Crippen LogP contribution is -2.40. The predicted octanol–water partition coefficient (Wildman–Crippen LogP) is 2.72. The molecule has 3 rings (SSSR count). The summed E-state index contributed by atoms with van der Waals surface area (Å²) >= 11 is 0. The van der Waals surface area contributed by atoms with Crippen LogP contribution in [0, 0.1) is 12.8 Å². The summed E-state index contributed by atoms with van der Waals surface area (Å²) in [6.07, 6.45) is 5.98. The molecule has 1 aliphatic rings. The van der Waals surface area contributed by atoms with Gasteiger partial charge in [0.1, 0.15) is 5.82 Å². The summed E-state index contributed by atoms with van der Waals surface area (Å²) in [5.74, 6) is 1.12. The number of hydrogen-bond acceptors (Lipinski definition) is 5. The van der Waals surface area contributed by atoms with Gasteiger partial charge in [-0.05, 0) is 57.8 Å². The SMILES string of the molecule is CCOC(=O)c1ccccc1NC(=O)CN1CCC(Cn2ccnc2C)CC1. The lowest BCUT2D eigenvalue weighted by atomic mass is 9.96. The molecule has 1 saturated heterocycles. The van der Waals surface area contributed by atoms with Gasteiger partial charge in [-0.3, -0.25) is 9.69 Å². The van der Waals surface area contributed by atoms with Gasteiger partial charge in [0.15, 0.2) is 0 Å². The highest BCUT2D eigenvalue weighted by Crippen LogP contribution is 2.20. The highest BCUT2D eigenvalue weighted by atomic mass is 16.5. The smallest absolute Gasteiger partial charge is 0.340 e. The second-order valence-corrected chi connectivity index (χ2v) is 7.16. The van der Waals surface area contributed by atoms with E-state index < -0.39 is 5.97 Å². The summed E-state index contributed by atoms with van der Waals surface area (Å²) in [5.41, 5.74) is 0.878. The van der Waals surface area contributed by atoms with Gasteiger partial charge in [-0.2, -0.15) is 0 Å². The van der Waals surface area contributed by atoms with E-state index in [4.69, 9.17) is 4.74 Å². The van der Waals surface area contributed by atoms with Crippen LogP contribution in [-0.2, 0) is 16.1 Å². The number of amides is 1. The van der Waals surface area contributed by atoms with E-state index >= 15 is 0 Å². The molecule has 0 unspecified atom stereocenters. The average Bonchev–Trinajstić information content (AvgIpc) is 3.08. The Hall–Kier alpha value is -2.67. The minimum atomic E-state index is -0.422. The fourth-order valence-corrected chi connectivity index (χ4v) is 3.57. The minimum Gasteiger partial charge on any atom is -0.462 e. The number of aromatic nitrogens is 2. The first-order chi connectivity index (χ1) is 13.6. The van der Waals surface area contributed by atoms with Gasteiger partial charge in [-0.15, -0.1) is 0 Å². The Morgan fingerprint density at radius 3 is 2.68 bits per heavy atom. The summed E-state index contributed by atoms with van der Waals surface area (Å²) in [6.45, 7) is 7.18. The van der Waals surface area contributed by atoms with Crippen molar-refractivity contribution in [3.8, 4) is 0 Å². The number of carbonyl (C=O) groups excluding carboxylic acids is 2. The number of carbonyl (C=O) groups is 2. The zero-order valence-electron chi connectivity index (χ0n) is 16.6. The third-order valence-corrected chi connectivity index (χ3v) is 5.15. The molecule has 1 aliphatic heterocycles. The second-order valence-electron chi connectivity index (χ2n) is 7.16. The molecule has 0 atom stereocenters. The number of rotatable bonds is 7. The number of benzene rings is 1. The van der Waals surface area contributed by atoms with Crippen LogP contribution in [0.1, 0.15) is 35.9 Å². The monoisotopic (exact) mass is 384 g/mol. The van der Waals surface area contributed by atoms with Crippen LogP contribution >= 0.6 is 0 Å². The van der Waals surface area contributed by atoms with Crippen molar-refractivity contribution < 1.29 is 14.3 Å². The number of anilines is 1. The van der Waals surface area contributed by atoms with Crippen molar-refractivity contribution in [2.75, 3.05) is 31.6 Å². The number of hydrogen-bond donors (Lipinski definition) is 1. The first-order valence-corrected chi connectivity index (χ1v) is 9.83. The maximum absolute atomic E-state index is 12.5. The Morgan fingerprint density at radius 1 is 1.25 bits per heavy atom. The van der Waals surface area contributed by atoms with Crippen LogP contribution in [0.4, 0.5) is 5.69 Å². The van der Waals surface area contributed by atoms with Gasteiger partial charge in [-0.25, -0.2) is 9.78 Å². The fraction of sp³-hybridized carbons (Fsp3) is 0.476. The van der Waals surface area contributed by atoms with Gasteiger partial charge in [-0.1, -0.05) is 12.1 Å². The maximum Gasteiger partial charge on any atom is 0.340 e. The number of nitrogens with one attached hydrogen (secondary N) is 1. The first-order valence-electron chi connectivity index (χ1n) is 9.83. The minimum absolute atomic E-state index is 0.111. The standard InChI is InChI=1S/C21H28N4O3/c1-3-28-21(27)18-6-4-5-7-19(18)23-20(26)15-24-11-8-17(9-12-24)14-25-13-10-22-16(25)2/h4-7,10,13,17H,3,8-9,11-12,14-15H2,1-2H3,(H,23,26). The van der Waals surface area contributed by atoms with Gasteiger partial charge in [0, 0.05) is 18.9 Å². The van der Waals surface area contributed by atoms with E-state index in [1.54, 1.807) is 31.2 Å². The molecule has 0 radical (unpaired) electrons. The van der Waals surface area contributed by atoms with Gasteiger partial charge >= 0.3 is 5.97 Å². The molecule has 7 nitrogen and oxygen atoms in total. The quantitative estimate of drug-likeness (QED) is 0.743. The highest BCUT2D eigenvalue weighted by Gasteiger charge is 2.22. The molecule has 1 aromatic heterocycles. The Morgan fingerprint density at radius 2 is 2.00 bits per heavy atom. The summed E-state index contributed by atoms with van der Waals surface area (Å²) in [5, 5.41) is 2.86. The van der Waals surface area contributed by atoms with Crippen LogP contribution in [0.15, 0.2) is 36.7 Å². The highest BCUT2D eigenvalue weighted by molar-refractivity contribution is 6.01. The number of ether oxygens (including phenoxy) is 1. The molecule has 1 fully saturated rings. The third-order valence-electron chi connectivity index (χ3n) is 5.15. The molecule has 150 valence electrons. The third kappa shape index (κ3) is 5.19. The van der Waals surface area contributed by atoms with Crippen molar-refractivity contribution in [3.63, 3.8) is 0 Å². The molecular formula is C21H28N4O3. The van der Waals surface area contributed by atoms with Crippen LogP contribution < -0.4 is 5.32 Å². The van der Waals surface area contributed by atoms with Crippen LogP contribution in [0.3, 0.4) is 0 Å².